The third-order valence-electron chi connectivity index (χ3n) is 3.89. The molecule has 0 aromatic heterocycles. The fraction of sp³-hybridized carbons (Fsp3) is 0.143. The molecule has 2 amide bonds. The number of hydrogen-bond acceptors (Lipinski definition) is 3. The maximum atomic E-state index is 12.5. The summed E-state index contributed by atoms with van der Waals surface area (Å²) >= 11 is 0. The fourth-order valence-corrected chi connectivity index (χ4v) is 2.62. The SMILES string of the molecule is CC(=O)Nc1ccccc1OC(C)C(=O)Nc1ccc2ccccc2c1. The number of amides is 2. The second kappa shape index (κ2) is 7.70. The highest BCUT2D eigenvalue weighted by molar-refractivity contribution is 5.97. The van der Waals surface area contributed by atoms with Crippen molar-refractivity contribution in [3.05, 3.63) is 66.7 Å². The van der Waals surface area contributed by atoms with Gasteiger partial charge in [0, 0.05) is 12.6 Å². The van der Waals surface area contributed by atoms with Gasteiger partial charge < -0.3 is 15.4 Å². The lowest BCUT2D eigenvalue weighted by atomic mass is 10.1. The Balaban J connectivity index is 1.70. The molecule has 1 atom stereocenters. The van der Waals surface area contributed by atoms with Gasteiger partial charge in [-0.15, -0.1) is 0 Å². The van der Waals surface area contributed by atoms with Crippen molar-refractivity contribution >= 4 is 34.0 Å². The predicted octanol–water partition coefficient (Wildman–Crippen LogP) is 4.20. The number of para-hydroxylation sites is 2. The second-order valence-electron chi connectivity index (χ2n) is 5.99. The van der Waals surface area contributed by atoms with Crippen LogP contribution in [0, 0.1) is 0 Å². The van der Waals surface area contributed by atoms with Gasteiger partial charge in [0.15, 0.2) is 6.10 Å². The number of benzene rings is 3. The van der Waals surface area contributed by atoms with Gasteiger partial charge in [-0.3, -0.25) is 9.59 Å². The molecule has 0 fully saturated rings. The number of ether oxygens (including phenoxy) is 1. The summed E-state index contributed by atoms with van der Waals surface area (Å²) in [4.78, 5) is 23.8. The lowest BCUT2D eigenvalue weighted by molar-refractivity contribution is -0.122. The Morgan fingerprint density at radius 1 is 0.885 bits per heavy atom. The van der Waals surface area contributed by atoms with Crippen molar-refractivity contribution in [2.45, 2.75) is 20.0 Å². The van der Waals surface area contributed by atoms with Crippen molar-refractivity contribution < 1.29 is 14.3 Å². The van der Waals surface area contributed by atoms with E-state index in [1.165, 1.54) is 6.92 Å². The highest BCUT2D eigenvalue weighted by atomic mass is 16.5. The lowest BCUT2D eigenvalue weighted by Gasteiger charge is -2.17. The van der Waals surface area contributed by atoms with E-state index in [1.54, 1.807) is 31.2 Å². The van der Waals surface area contributed by atoms with Crippen LogP contribution in [0.25, 0.3) is 10.8 Å². The van der Waals surface area contributed by atoms with Crippen LogP contribution in [0.1, 0.15) is 13.8 Å². The summed E-state index contributed by atoms with van der Waals surface area (Å²) in [5.41, 5.74) is 1.24. The molecule has 3 rings (SSSR count). The second-order valence-corrected chi connectivity index (χ2v) is 5.99. The van der Waals surface area contributed by atoms with E-state index in [4.69, 9.17) is 4.74 Å². The monoisotopic (exact) mass is 348 g/mol. The Morgan fingerprint density at radius 2 is 1.58 bits per heavy atom. The van der Waals surface area contributed by atoms with Gasteiger partial charge in [-0.1, -0.05) is 42.5 Å². The minimum absolute atomic E-state index is 0.200. The molecule has 0 bridgehead atoms. The number of anilines is 2. The molecule has 1 unspecified atom stereocenters. The zero-order valence-corrected chi connectivity index (χ0v) is 14.7. The predicted molar refractivity (Wildman–Crippen MR) is 103 cm³/mol. The molecule has 0 spiro atoms. The van der Waals surface area contributed by atoms with Gasteiger partial charge in [-0.2, -0.15) is 0 Å². The minimum Gasteiger partial charge on any atom is -0.479 e. The average molecular weight is 348 g/mol. The molecular formula is C21H20N2O3. The number of nitrogens with one attached hydrogen (secondary N) is 2. The highest BCUT2D eigenvalue weighted by Gasteiger charge is 2.17. The number of hydrogen-bond donors (Lipinski definition) is 2. The summed E-state index contributed by atoms with van der Waals surface area (Å²) < 4.78 is 5.74. The van der Waals surface area contributed by atoms with Crippen molar-refractivity contribution in [2.24, 2.45) is 0 Å². The zero-order chi connectivity index (χ0) is 18.5. The maximum absolute atomic E-state index is 12.5. The summed E-state index contributed by atoms with van der Waals surface area (Å²) in [5, 5.41) is 7.72. The van der Waals surface area contributed by atoms with Gasteiger partial charge in [-0.25, -0.2) is 0 Å². The molecule has 0 aliphatic carbocycles. The standard InChI is InChI=1S/C21H20N2O3/c1-14(26-20-10-6-5-9-19(20)22-15(2)24)21(25)23-18-12-11-16-7-3-4-8-17(16)13-18/h3-14H,1-2H3,(H,22,24)(H,23,25). The van der Waals surface area contributed by atoms with Crippen LogP contribution in [0.3, 0.4) is 0 Å². The van der Waals surface area contributed by atoms with Gasteiger partial charge in [-0.05, 0) is 42.0 Å². The molecule has 5 nitrogen and oxygen atoms in total. The van der Waals surface area contributed by atoms with Gasteiger partial charge in [0.25, 0.3) is 5.91 Å². The van der Waals surface area contributed by atoms with Crippen molar-refractivity contribution in [1.82, 2.24) is 0 Å². The molecule has 0 radical (unpaired) electrons. The summed E-state index contributed by atoms with van der Waals surface area (Å²) in [6.07, 6.45) is -0.726. The van der Waals surface area contributed by atoms with E-state index >= 15 is 0 Å². The first-order valence-electron chi connectivity index (χ1n) is 8.36. The Bertz CT molecular complexity index is 953. The van der Waals surface area contributed by atoms with E-state index in [-0.39, 0.29) is 11.8 Å². The molecular weight excluding hydrogens is 328 g/mol. The average Bonchev–Trinajstić information content (AvgIpc) is 2.62. The summed E-state index contributed by atoms with van der Waals surface area (Å²) in [7, 11) is 0. The lowest BCUT2D eigenvalue weighted by Crippen LogP contribution is -2.30. The Labute approximate surface area is 152 Å². The first kappa shape index (κ1) is 17.5. The number of rotatable bonds is 5. The molecule has 0 saturated carbocycles. The number of carbonyl (C=O) groups excluding carboxylic acids is 2. The van der Waals surface area contributed by atoms with E-state index in [2.05, 4.69) is 10.6 Å². The van der Waals surface area contributed by atoms with Crippen LogP contribution in [0.15, 0.2) is 66.7 Å². The normalized spacial score (nSPS) is 11.6. The number of fused-ring (bicyclic) bond motifs is 1. The highest BCUT2D eigenvalue weighted by Crippen LogP contribution is 2.25. The van der Waals surface area contributed by atoms with Gasteiger partial charge in [0.05, 0.1) is 5.69 Å². The van der Waals surface area contributed by atoms with Crippen LogP contribution in [0.2, 0.25) is 0 Å². The molecule has 5 heteroatoms. The maximum Gasteiger partial charge on any atom is 0.265 e. The molecule has 132 valence electrons. The molecule has 0 heterocycles. The van der Waals surface area contributed by atoms with Crippen LogP contribution in [-0.4, -0.2) is 17.9 Å². The molecule has 0 aliphatic rings. The van der Waals surface area contributed by atoms with Crippen LogP contribution >= 0.6 is 0 Å². The first-order valence-corrected chi connectivity index (χ1v) is 8.36. The third-order valence-corrected chi connectivity index (χ3v) is 3.89. The van der Waals surface area contributed by atoms with E-state index in [9.17, 15) is 9.59 Å². The zero-order valence-electron chi connectivity index (χ0n) is 14.7. The summed E-state index contributed by atoms with van der Waals surface area (Å²) in [5.74, 6) is -0.0175. The molecule has 26 heavy (non-hydrogen) atoms. The summed E-state index contributed by atoms with van der Waals surface area (Å²) in [6.45, 7) is 3.09. The Kier molecular flexibility index (Phi) is 5.17. The van der Waals surface area contributed by atoms with Crippen molar-refractivity contribution in [1.29, 1.82) is 0 Å². The topological polar surface area (TPSA) is 67.4 Å². The Morgan fingerprint density at radius 3 is 2.35 bits per heavy atom. The van der Waals surface area contributed by atoms with E-state index in [0.29, 0.717) is 17.1 Å². The van der Waals surface area contributed by atoms with Crippen LogP contribution in [0.4, 0.5) is 11.4 Å². The van der Waals surface area contributed by atoms with E-state index in [0.717, 1.165) is 10.8 Å². The molecule has 2 N–H and O–H groups in total. The third kappa shape index (κ3) is 4.19. The van der Waals surface area contributed by atoms with Crippen LogP contribution < -0.4 is 15.4 Å². The first-order chi connectivity index (χ1) is 12.5. The fourth-order valence-electron chi connectivity index (χ4n) is 2.62. The van der Waals surface area contributed by atoms with Crippen LogP contribution in [0.5, 0.6) is 5.75 Å². The van der Waals surface area contributed by atoms with Gasteiger partial charge >= 0.3 is 0 Å². The van der Waals surface area contributed by atoms with Gasteiger partial charge in [0.2, 0.25) is 5.91 Å². The quantitative estimate of drug-likeness (QED) is 0.726. The van der Waals surface area contributed by atoms with Crippen molar-refractivity contribution in [3.63, 3.8) is 0 Å². The molecule has 3 aromatic carbocycles. The van der Waals surface area contributed by atoms with Crippen molar-refractivity contribution in [2.75, 3.05) is 10.6 Å². The van der Waals surface area contributed by atoms with Gasteiger partial charge in [0.1, 0.15) is 5.75 Å². The van der Waals surface area contributed by atoms with Crippen molar-refractivity contribution in [3.8, 4) is 5.75 Å². The van der Waals surface area contributed by atoms with Crippen LogP contribution in [-0.2, 0) is 9.59 Å². The molecule has 0 aliphatic heterocycles. The smallest absolute Gasteiger partial charge is 0.265 e. The summed E-state index contributed by atoms with van der Waals surface area (Å²) in [6, 6.07) is 20.7. The molecule has 0 saturated heterocycles. The Hall–Kier alpha value is -3.34. The van der Waals surface area contributed by atoms with E-state index in [1.807, 2.05) is 42.5 Å². The number of carbonyl (C=O) groups is 2. The minimum atomic E-state index is -0.726. The largest absolute Gasteiger partial charge is 0.479 e. The molecule has 3 aromatic rings. The van der Waals surface area contributed by atoms with E-state index < -0.39 is 6.10 Å².